The van der Waals surface area contributed by atoms with Gasteiger partial charge in [-0.1, -0.05) is 18.0 Å². The fourth-order valence-corrected chi connectivity index (χ4v) is 2.51. The maximum atomic E-state index is 13.8. The average Bonchev–Trinajstić information content (AvgIpc) is 2.93. The molecular formula is C14H18FN3O2. The summed E-state index contributed by atoms with van der Waals surface area (Å²) in [6.45, 7) is 0. The van der Waals surface area contributed by atoms with Crippen molar-refractivity contribution in [3.8, 4) is 0 Å². The Labute approximate surface area is 116 Å². The van der Waals surface area contributed by atoms with E-state index < -0.39 is 5.82 Å². The number of amides is 1. The minimum Gasteiger partial charge on any atom is -0.409 e. The van der Waals surface area contributed by atoms with E-state index in [1.807, 2.05) is 0 Å². The van der Waals surface area contributed by atoms with E-state index in [1.54, 1.807) is 0 Å². The monoisotopic (exact) mass is 279 g/mol. The van der Waals surface area contributed by atoms with Gasteiger partial charge in [0.1, 0.15) is 5.82 Å². The molecule has 0 aliphatic heterocycles. The van der Waals surface area contributed by atoms with Crippen LogP contribution in [0.25, 0.3) is 0 Å². The summed E-state index contributed by atoms with van der Waals surface area (Å²) in [4.78, 5) is 11.8. The molecule has 1 aliphatic rings. The number of nitrogens with zero attached hydrogens (tertiary/aromatic N) is 1. The summed E-state index contributed by atoms with van der Waals surface area (Å²) < 4.78 is 13.8. The number of nitrogens with one attached hydrogen (secondary N) is 1. The van der Waals surface area contributed by atoms with Gasteiger partial charge in [0.2, 0.25) is 5.91 Å². The first-order chi connectivity index (χ1) is 9.60. The predicted octanol–water partition coefficient (Wildman–Crippen LogP) is 2.44. The molecule has 20 heavy (non-hydrogen) atoms. The molecule has 1 aromatic rings. The molecule has 108 valence electrons. The van der Waals surface area contributed by atoms with Gasteiger partial charge in [-0.15, -0.1) is 0 Å². The van der Waals surface area contributed by atoms with Crippen LogP contribution in [0.1, 0.15) is 37.7 Å². The van der Waals surface area contributed by atoms with E-state index in [9.17, 15) is 9.18 Å². The van der Waals surface area contributed by atoms with Crippen LogP contribution >= 0.6 is 0 Å². The number of hydrogen-bond acceptors (Lipinski definition) is 3. The average molecular weight is 279 g/mol. The number of hydrogen-bond donors (Lipinski definition) is 3. The van der Waals surface area contributed by atoms with Crippen LogP contribution in [0, 0.1) is 11.7 Å². The highest BCUT2D eigenvalue weighted by molar-refractivity contribution is 5.98. The van der Waals surface area contributed by atoms with Crippen LogP contribution in [0.15, 0.2) is 23.4 Å². The zero-order chi connectivity index (χ0) is 14.5. The first kappa shape index (κ1) is 14.3. The largest absolute Gasteiger partial charge is 0.409 e. The summed E-state index contributed by atoms with van der Waals surface area (Å²) >= 11 is 0. The Balaban J connectivity index is 2.00. The molecule has 2 rings (SSSR count). The van der Waals surface area contributed by atoms with Crippen molar-refractivity contribution in [2.45, 2.75) is 32.1 Å². The number of benzene rings is 1. The quantitative estimate of drug-likeness (QED) is 0.342. The molecule has 0 aromatic heterocycles. The van der Waals surface area contributed by atoms with Crippen molar-refractivity contribution in [2.75, 3.05) is 5.32 Å². The first-order valence-electron chi connectivity index (χ1n) is 6.67. The Morgan fingerprint density at radius 2 is 2.15 bits per heavy atom. The fraction of sp³-hybridized carbons (Fsp3) is 0.429. The van der Waals surface area contributed by atoms with Gasteiger partial charge in [0.05, 0.1) is 5.69 Å². The second-order valence-electron chi connectivity index (χ2n) is 5.08. The number of carbonyl (C=O) groups excluding carboxylic acids is 1. The third kappa shape index (κ3) is 3.46. The van der Waals surface area contributed by atoms with Gasteiger partial charge >= 0.3 is 0 Å². The molecule has 0 heterocycles. The fourth-order valence-electron chi connectivity index (χ4n) is 2.51. The molecule has 1 aliphatic carbocycles. The minimum absolute atomic E-state index is 0.113. The second kappa shape index (κ2) is 6.36. The molecule has 0 bridgehead atoms. The highest BCUT2D eigenvalue weighted by Gasteiger charge is 2.19. The highest BCUT2D eigenvalue weighted by atomic mass is 19.1. The number of nitrogens with two attached hydrogens (primary N) is 1. The van der Waals surface area contributed by atoms with Crippen molar-refractivity contribution in [3.63, 3.8) is 0 Å². The van der Waals surface area contributed by atoms with Crippen molar-refractivity contribution >= 4 is 17.4 Å². The lowest BCUT2D eigenvalue weighted by Crippen LogP contribution is -2.17. The van der Waals surface area contributed by atoms with Gasteiger partial charge in [-0.05, 0) is 37.0 Å². The molecule has 1 aromatic carbocycles. The van der Waals surface area contributed by atoms with Gasteiger partial charge in [-0.25, -0.2) is 4.39 Å². The zero-order valence-corrected chi connectivity index (χ0v) is 11.1. The van der Waals surface area contributed by atoms with Gasteiger partial charge < -0.3 is 16.3 Å². The van der Waals surface area contributed by atoms with Crippen LogP contribution in [0.3, 0.4) is 0 Å². The van der Waals surface area contributed by atoms with Crippen LogP contribution in [0.4, 0.5) is 10.1 Å². The van der Waals surface area contributed by atoms with Gasteiger partial charge in [-0.2, -0.15) is 0 Å². The topological polar surface area (TPSA) is 87.7 Å². The standard InChI is InChI=1S/C14H18FN3O2/c15-11-8-10(14(16)18-20)5-6-12(11)17-13(19)7-9-3-1-2-4-9/h5-6,8-9,20H,1-4,7H2,(H2,16,18)(H,17,19). The molecule has 0 spiro atoms. The second-order valence-corrected chi connectivity index (χ2v) is 5.08. The van der Waals surface area contributed by atoms with Crippen LogP contribution in [-0.2, 0) is 4.79 Å². The summed E-state index contributed by atoms with van der Waals surface area (Å²) in [7, 11) is 0. The maximum absolute atomic E-state index is 13.8. The minimum atomic E-state index is -0.603. The number of oxime groups is 1. The Morgan fingerprint density at radius 3 is 2.75 bits per heavy atom. The molecule has 5 nitrogen and oxygen atoms in total. The summed E-state index contributed by atoms with van der Waals surface area (Å²) in [5, 5.41) is 13.9. The summed E-state index contributed by atoms with van der Waals surface area (Å²) in [5.74, 6) is -0.538. The van der Waals surface area contributed by atoms with E-state index in [-0.39, 0.29) is 23.0 Å². The van der Waals surface area contributed by atoms with E-state index in [4.69, 9.17) is 10.9 Å². The lowest BCUT2D eigenvalue weighted by Gasteiger charge is -2.10. The van der Waals surface area contributed by atoms with Crippen molar-refractivity contribution in [2.24, 2.45) is 16.8 Å². The van der Waals surface area contributed by atoms with E-state index in [0.29, 0.717) is 12.3 Å². The first-order valence-corrected chi connectivity index (χ1v) is 6.67. The summed E-state index contributed by atoms with van der Waals surface area (Å²) in [6.07, 6.45) is 4.90. The molecule has 1 amide bonds. The molecular weight excluding hydrogens is 261 g/mol. The maximum Gasteiger partial charge on any atom is 0.224 e. The molecule has 0 radical (unpaired) electrons. The van der Waals surface area contributed by atoms with Gasteiger partial charge in [0, 0.05) is 12.0 Å². The summed E-state index contributed by atoms with van der Waals surface area (Å²) in [6, 6.07) is 4.03. The molecule has 6 heteroatoms. The van der Waals surface area contributed by atoms with E-state index >= 15 is 0 Å². The van der Waals surface area contributed by atoms with E-state index in [0.717, 1.165) is 18.9 Å². The van der Waals surface area contributed by atoms with E-state index in [2.05, 4.69) is 10.5 Å². The Morgan fingerprint density at radius 1 is 1.45 bits per heavy atom. The van der Waals surface area contributed by atoms with Crippen molar-refractivity contribution in [1.29, 1.82) is 0 Å². The molecule has 1 saturated carbocycles. The van der Waals surface area contributed by atoms with Crippen LogP contribution in [-0.4, -0.2) is 17.0 Å². The van der Waals surface area contributed by atoms with Crippen LogP contribution < -0.4 is 11.1 Å². The smallest absolute Gasteiger partial charge is 0.224 e. The molecule has 0 atom stereocenters. The van der Waals surface area contributed by atoms with E-state index in [1.165, 1.54) is 25.0 Å². The number of carbonyl (C=O) groups is 1. The van der Waals surface area contributed by atoms with Crippen molar-refractivity contribution in [3.05, 3.63) is 29.6 Å². The highest BCUT2D eigenvalue weighted by Crippen LogP contribution is 2.28. The Bertz CT molecular complexity index is 525. The lowest BCUT2D eigenvalue weighted by atomic mass is 10.0. The normalized spacial score (nSPS) is 16.4. The molecule has 0 unspecified atom stereocenters. The van der Waals surface area contributed by atoms with Crippen LogP contribution in [0.2, 0.25) is 0 Å². The Kier molecular flexibility index (Phi) is 4.55. The Hall–Kier alpha value is -2.11. The van der Waals surface area contributed by atoms with Gasteiger partial charge in [-0.3, -0.25) is 4.79 Å². The third-order valence-electron chi connectivity index (χ3n) is 3.60. The van der Waals surface area contributed by atoms with Crippen molar-refractivity contribution in [1.82, 2.24) is 0 Å². The number of rotatable bonds is 4. The predicted molar refractivity (Wildman–Crippen MR) is 74.1 cm³/mol. The lowest BCUT2D eigenvalue weighted by molar-refractivity contribution is -0.117. The number of amidine groups is 1. The van der Waals surface area contributed by atoms with Crippen molar-refractivity contribution < 1.29 is 14.4 Å². The number of anilines is 1. The number of halogens is 1. The van der Waals surface area contributed by atoms with Gasteiger partial charge in [0.15, 0.2) is 5.84 Å². The SMILES string of the molecule is N/C(=N/O)c1ccc(NC(=O)CC2CCCC2)c(F)c1. The van der Waals surface area contributed by atoms with Gasteiger partial charge in [0.25, 0.3) is 0 Å². The van der Waals surface area contributed by atoms with Crippen LogP contribution in [0.5, 0.6) is 0 Å². The summed E-state index contributed by atoms with van der Waals surface area (Å²) in [5.41, 5.74) is 5.75. The zero-order valence-electron chi connectivity index (χ0n) is 11.1. The molecule has 1 fully saturated rings. The molecule has 4 N–H and O–H groups in total. The third-order valence-corrected chi connectivity index (χ3v) is 3.60. The molecule has 0 saturated heterocycles.